The molecule has 2 saturated carbocycles. The number of alkyl halides is 3. The van der Waals surface area contributed by atoms with Crippen LogP contribution in [0.3, 0.4) is 0 Å². The number of piperidine rings is 1. The van der Waals surface area contributed by atoms with E-state index in [1.807, 2.05) is 0 Å². The third-order valence-electron chi connectivity index (χ3n) is 6.63. The Labute approximate surface area is 189 Å². The van der Waals surface area contributed by atoms with Gasteiger partial charge in [-0.05, 0) is 60.8 Å². The number of halogens is 4. The van der Waals surface area contributed by atoms with E-state index in [1.165, 1.54) is 51.1 Å². The second-order valence-corrected chi connectivity index (χ2v) is 9.33. The highest BCUT2D eigenvalue weighted by Crippen LogP contribution is 2.52. The first-order valence-corrected chi connectivity index (χ1v) is 11.1. The molecule has 2 N–H and O–H groups in total. The quantitative estimate of drug-likeness (QED) is 0.608. The highest BCUT2D eigenvalue weighted by Gasteiger charge is 2.55. The zero-order valence-corrected chi connectivity index (χ0v) is 18.4. The zero-order chi connectivity index (χ0) is 23.8. The van der Waals surface area contributed by atoms with Gasteiger partial charge in [-0.2, -0.15) is 13.2 Å². The molecule has 1 aliphatic heterocycles. The number of benzene rings is 1. The van der Waals surface area contributed by atoms with Crippen molar-refractivity contribution in [1.29, 1.82) is 0 Å². The predicted octanol–water partition coefficient (Wildman–Crippen LogP) is 3.64. The van der Waals surface area contributed by atoms with E-state index < -0.39 is 23.5 Å². The van der Waals surface area contributed by atoms with Gasteiger partial charge in [-0.15, -0.1) is 0 Å². The van der Waals surface area contributed by atoms with Crippen molar-refractivity contribution in [2.24, 2.45) is 30.7 Å². The Balaban J connectivity index is 0.000000243. The molecule has 2 aliphatic carbocycles. The van der Waals surface area contributed by atoms with Crippen molar-refractivity contribution in [3.05, 3.63) is 53.4 Å². The SMILES string of the molecule is Cn1cnc(C(=O)O)c1.Fc1ccc(CNCC2C3CN(CC4CC4)CC23)cc1C(F)(F)F. The normalized spacial score (nSPS) is 24.2. The van der Waals surface area contributed by atoms with Crippen LogP contribution in [0, 0.1) is 29.5 Å². The van der Waals surface area contributed by atoms with Gasteiger partial charge in [0.2, 0.25) is 0 Å². The van der Waals surface area contributed by atoms with E-state index in [2.05, 4.69) is 15.2 Å². The van der Waals surface area contributed by atoms with Gasteiger partial charge >= 0.3 is 12.1 Å². The third kappa shape index (κ3) is 6.11. The zero-order valence-electron chi connectivity index (χ0n) is 18.4. The third-order valence-corrected chi connectivity index (χ3v) is 6.63. The lowest BCUT2D eigenvalue weighted by molar-refractivity contribution is -0.140. The van der Waals surface area contributed by atoms with E-state index >= 15 is 0 Å². The van der Waals surface area contributed by atoms with Crippen molar-refractivity contribution in [1.82, 2.24) is 19.8 Å². The number of nitrogens with one attached hydrogen (secondary N) is 1. The van der Waals surface area contributed by atoms with E-state index in [0.717, 1.165) is 36.4 Å². The van der Waals surface area contributed by atoms with Crippen LogP contribution in [-0.4, -0.2) is 51.7 Å². The number of nitrogens with zero attached hydrogens (tertiary/aromatic N) is 3. The summed E-state index contributed by atoms with van der Waals surface area (Å²) in [6.07, 6.45) is 1.02. The maximum absolute atomic E-state index is 13.3. The number of hydrogen-bond donors (Lipinski definition) is 2. The van der Waals surface area contributed by atoms with E-state index in [4.69, 9.17) is 5.11 Å². The maximum Gasteiger partial charge on any atom is 0.419 e. The predicted molar refractivity (Wildman–Crippen MR) is 113 cm³/mol. The number of imidazole rings is 1. The molecule has 2 heterocycles. The molecule has 1 saturated heterocycles. The number of aryl methyl sites for hydroxylation is 1. The minimum atomic E-state index is -4.64. The minimum Gasteiger partial charge on any atom is -0.476 e. The molecule has 0 amide bonds. The van der Waals surface area contributed by atoms with Crippen LogP contribution < -0.4 is 5.32 Å². The Morgan fingerprint density at radius 1 is 1.24 bits per heavy atom. The van der Waals surface area contributed by atoms with Crippen molar-refractivity contribution in [3.63, 3.8) is 0 Å². The first-order valence-electron chi connectivity index (χ1n) is 11.1. The number of fused-ring (bicyclic) bond motifs is 1. The molecule has 6 nitrogen and oxygen atoms in total. The molecule has 0 bridgehead atoms. The Bertz CT molecular complexity index is 977. The largest absolute Gasteiger partial charge is 0.476 e. The average Bonchev–Trinajstić information content (AvgIpc) is 3.56. The fourth-order valence-electron chi connectivity index (χ4n) is 4.66. The standard InChI is InChI=1S/C18H22F4N2.C5H6N2O2/c19-17-4-3-12(5-16(17)18(20,21)22)6-23-7-13-14-9-24(10-15(13)14)8-11-1-2-11;1-7-2-4(5(8)9)6-3-7/h3-5,11,13-15,23H,1-2,6-10H2;2-3H,1H3,(H,8,9). The van der Waals surface area contributed by atoms with Crippen LogP contribution in [0.5, 0.6) is 0 Å². The van der Waals surface area contributed by atoms with Gasteiger partial charge in [-0.1, -0.05) is 6.07 Å². The van der Waals surface area contributed by atoms with Gasteiger partial charge in [0.15, 0.2) is 5.69 Å². The van der Waals surface area contributed by atoms with E-state index in [-0.39, 0.29) is 5.69 Å². The number of rotatable bonds is 7. The summed E-state index contributed by atoms with van der Waals surface area (Å²) in [4.78, 5) is 16.3. The summed E-state index contributed by atoms with van der Waals surface area (Å²) in [6.45, 7) is 4.81. The van der Waals surface area contributed by atoms with Gasteiger partial charge < -0.3 is 19.9 Å². The highest BCUT2D eigenvalue weighted by molar-refractivity contribution is 5.84. The van der Waals surface area contributed by atoms with Crippen molar-refractivity contribution in [2.45, 2.75) is 25.6 Å². The molecule has 5 rings (SSSR count). The van der Waals surface area contributed by atoms with Crippen LogP contribution >= 0.6 is 0 Å². The summed E-state index contributed by atoms with van der Waals surface area (Å²) < 4.78 is 53.0. The Kier molecular flexibility index (Phi) is 6.76. The Morgan fingerprint density at radius 3 is 2.45 bits per heavy atom. The van der Waals surface area contributed by atoms with Crippen LogP contribution in [0.2, 0.25) is 0 Å². The molecule has 1 aromatic heterocycles. The molecule has 10 heteroatoms. The Hall–Kier alpha value is -2.46. The fraction of sp³-hybridized carbons (Fsp3) is 0.565. The molecular weight excluding hydrogens is 440 g/mol. The lowest BCUT2D eigenvalue weighted by Crippen LogP contribution is -2.29. The summed E-state index contributed by atoms with van der Waals surface area (Å²) in [6, 6.07) is 3.23. The van der Waals surface area contributed by atoms with E-state index in [1.54, 1.807) is 11.6 Å². The highest BCUT2D eigenvalue weighted by atomic mass is 19.4. The maximum atomic E-state index is 13.3. The van der Waals surface area contributed by atoms with Crippen LogP contribution in [0.15, 0.2) is 30.7 Å². The summed E-state index contributed by atoms with van der Waals surface area (Å²) >= 11 is 0. The molecule has 2 atom stereocenters. The molecule has 1 aromatic carbocycles. The molecule has 0 spiro atoms. The number of aromatic carboxylic acids is 1. The van der Waals surface area contributed by atoms with E-state index in [9.17, 15) is 22.4 Å². The van der Waals surface area contributed by atoms with E-state index in [0.29, 0.717) is 18.0 Å². The number of carboxylic acids is 1. The van der Waals surface area contributed by atoms with Crippen LogP contribution in [0.4, 0.5) is 17.6 Å². The average molecular weight is 468 g/mol. The molecule has 2 unspecified atom stereocenters. The van der Waals surface area contributed by atoms with Crippen LogP contribution in [0.25, 0.3) is 0 Å². The number of aromatic nitrogens is 2. The first-order chi connectivity index (χ1) is 15.6. The molecule has 0 radical (unpaired) electrons. The van der Waals surface area contributed by atoms with Crippen LogP contribution in [-0.2, 0) is 19.8 Å². The molecule has 2 aromatic rings. The minimum absolute atomic E-state index is 0.0810. The van der Waals surface area contributed by atoms with Crippen molar-refractivity contribution in [3.8, 4) is 0 Å². The lowest BCUT2D eigenvalue weighted by Gasteiger charge is -2.19. The molecule has 3 fully saturated rings. The molecule has 3 aliphatic rings. The van der Waals surface area contributed by atoms with Gasteiger partial charge in [0, 0.05) is 39.4 Å². The molecule has 33 heavy (non-hydrogen) atoms. The first kappa shape index (κ1) is 23.7. The number of carbonyl (C=O) groups is 1. The van der Waals surface area contributed by atoms with Crippen molar-refractivity contribution >= 4 is 5.97 Å². The number of likely N-dealkylation sites (tertiary alicyclic amines) is 1. The van der Waals surface area contributed by atoms with Crippen LogP contribution in [0.1, 0.15) is 34.5 Å². The second-order valence-electron chi connectivity index (χ2n) is 9.33. The van der Waals surface area contributed by atoms with Gasteiger partial charge in [-0.25, -0.2) is 14.2 Å². The summed E-state index contributed by atoms with van der Waals surface area (Å²) in [7, 11) is 1.72. The number of carboxylic acid groups (broad SMARTS) is 1. The smallest absolute Gasteiger partial charge is 0.419 e. The summed E-state index contributed by atoms with van der Waals surface area (Å²) in [5.41, 5.74) is -0.622. The van der Waals surface area contributed by atoms with Gasteiger partial charge in [0.05, 0.1) is 11.9 Å². The van der Waals surface area contributed by atoms with Gasteiger partial charge in [-0.3, -0.25) is 0 Å². The lowest BCUT2D eigenvalue weighted by atomic mass is 10.1. The Morgan fingerprint density at radius 2 is 1.94 bits per heavy atom. The monoisotopic (exact) mass is 468 g/mol. The van der Waals surface area contributed by atoms with Gasteiger partial charge in [0.1, 0.15) is 5.82 Å². The van der Waals surface area contributed by atoms with Gasteiger partial charge in [0.25, 0.3) is 0 Å². The molecule has 180 valence electrons. The topological polar surface area (TPSA) is 70.4 Å². The summed E-state index contributed by atoms with van der Waals surface area (Å²) in [5, 5.41) is 11.6. The van der Waals surface area contributed by atoms with Crippen molar-refractivity contribution in [2.75, 3.05) is 26.2 Å². The fourth-order valence-corrected chi connectivity index (χ4v) is 4.66. The number of hydrogen-bond acceptors (Lipinski definition) is 4. The van der Waals surface area contributed by atoms with Crippen molar-refractivity contribution < 1.29 is 27.5 Å². The second kappa shape index (κ2) is 9.42. The molecular formula is C23H28F4N4O2. The summed E-state index contributed by atoms with van der Waals surface area (Å²) in [5.74, 6) is 0.906.